The highest BCUT2D eigenvalue weighted by molar-refractivity contribution is 7.99. The van der Waals surface area contributed by atoms with Crippen LogP contribution in [0.3, 0.4) is 0 Å². The molecule has 1 aromatic heterocycles. The Morgan fingerprint density at radius 3 is 2.32 bits per heavy atom. The number of hydrogen-bond acceptors (Lipinski definition) is 4. The van der Waals surface area contributed by atoms with E-state index in [-0.39, 0.29) is 11.5 Å². The molecule has 0 unspecified atom stereocenters. The maximum absolute atomic E-state index is 12.9. The van der Waals surface area contributed by atoms with Gasteiger partial charge in [-0.1, -0.05) is 41.6 Å². The van der Waals surface area contributed by atoms with E-state index >= 15 is 0 Å². The van der Waals surface area contributed by atoms with Crippen LogP contribution in [0.4, 0.5) is 0 Å². The lowest BCUT2D eigenvalue weighted by atomic mass is 10.1. The van der Waals surface area contributed by atoms with Crippen LogP contribution in [0.5, 0.6) is 5.88 Å². The minimum atomic E-state index is -0.388. The topological polar surface area (TPSA) is 44.1 Å². The summed E-state index contributed by atoms with van der Waals surface area (Å²) in [7, 11) is 0. The number of esters is 1. The maximum Gasteiger partial charge on any atom is 0.345 e. The third-order valence-electron chi connectivity index (χ3n) is 4.19. The largest absolute Gasteiger partial charge is 0.403 e. The fraction of sp³-hybridized carbons (Fsp3) is 0.273. The van der Waals surface area contributed by atoms with Crippen molar-refractivity contribution < 1.29 is 9.53 Å². The Balaban J connectivity index is 2.03. The molecule has 28 heavy (non-hydrogen) atoms. The number of aromatic nitrogens is 2. The first-order valence-corrected chi connectivity index (χ1v) is 10.2. The normalized spacial score (nSPS) is 11.5. The van der Waals surface area contributed by atoms with E-state index < -0.39 is 0 Å². The fourth-order valence-corrected chi connectivity index (χ4v) is 3.76. The Bertz CT molecular complexity index is 1000. The summed E-state index contributed by atoms with van der Waals surface area (Å²) in [6.45, 7) is 9.90. The van der Waals surface area contributed by atoms with Gasteiger partial charge in [0.15, 0.2) is 0 Å². The van der Waals surface area contributed by atoms with E-state index in [9.17, 15) is 4.79 Å². The summed E-state index contributed by atoms with van der Waals surface area (Å²) in [6.07, 6.45) is 0. The van der Waals surface area contributed by atoms with Crippen molar-refractivity contribution in [1.82, 2.24) is 9.78 Å². The van der Waals surface area contributed by atoms with Gasteiger partial charge in [0.05, 0.1) is 21.7 Å². The summed E-state index contributed by atoms with van der Waals surface area (Å²) < 4.78 is 7.68. The highest BCUT2D eigenvalue weighted by Gasteiger charge is 2.28. The number of carbonyl (C=O) groups excluding carboxylic acids is 1. The zero-order chi connectivity index (χ0) is 20.5. The van der Waals surface area contributed by atoms with Crippen LogP contribution >= 0.6 is 23.4 Å². The number of aryl methyl sites for hydroxylation is 2. The van der Waals surface area contributed by atoms with Gasteiger partial charge in [-0.05, 0) is 70.5 Å². The van der Waals surface area contributed by atoms with Gasteiger partial charge >= 0.3 is 5.97 Å². The molecule has 2 aromatic carbocycles. The predicted molar refractivity (Wildman–Crippen MR) is 114 cm³/mol. The van der Waals surface area contributed by atoms with Crippen molar-refractivity contribution in [3.63, 3.8) is 0 Å². The van der Waals surface area contributed by atoms with Gasteiger partial charge in [-0.3, -0.25) is 0 Å². The van der Waals surface area contributed by atoms with Gasteiger partial charge < -0.3 is 4.74 Å². The maximum atomic E-state index is 12.9. The van der Waals surface area contributed by atoms with Gasteiger partial charge in [0.1, 0.15) is 0 Å². The molecule has 0 amide bonds. The second-order valence-corrected chi connectivity index (χ2v) is 9.08. The molecule has 1 heterocycles. The highest BCUT2D eigenvalue weighted by atomic mass is 35.5. The average Bonchev–Trinajstić information content (AvgIpc) is 2.93. The molecule has 0 saturated heterocycles. The van der Waals surface area contributed by atoms with Crippen molar-refractivity contribution in [2.45, 2.75) is 49.9 Å². The number of carbonyl (C=O) groups is 1. The first kappa shape index (κ1) is 20.5. The molecule has 3 aromatic rings. The summed E-state index contributed by atoms with van der Waals surface area (Å²) in [6, 6.07) is 15.0. The standard InChI is InChI=1S/C22H23ClN2O2S/c1-14-8-6-7-9-18(14)21(26)27-20-19(15(2)24-25(20)22(3,4)5)28-17-12-10-16(23)11-13-17/h6-13H,1-5H3. The van der Waals surface area contributed by atoms with Crippen molar-refractivity contribution in [3.8, 4) is 5.88 Å². The summed E-state index contributed by atoms with van der Waals surface area (Å²) in [5.41, 5.74) is 1.88. The molecule has 0 aliphatic rings. The van der Waals surface area contributed by atoms with Crippen LogP contribution in [0.2, 0.25) is 5.02 Å². The molecule has 0 fully saturated rings. The number of nitrogens with zero attached hydrogens (tertiary/aromatic N) is 2. The second-order valence-electron chi connectivity index (χ2n) is 7.56. The molecule has 0 spiro atoms. The first-order chi connectivity index (χ1) is 13.2. The van der Waals surface area contributed by atoms with E-state index in [2.05, 4.69) is 5.10 Å². The van der Waals surface area contributed by atoms with Crippen LogP contribution in [-0.2, 0) is 5.54 Å². The van der Waals surface area contributed by atoms with E-state index in [1.54, 1.807) is 10.7 Å². The van der Waals surface area contributed by atoms with Gasteiger partial charge in [-0.25, -0.2) is 9.48 Å². The van der Waals surface area contributed by atoms with Gasteiger partial charge in [-0.2, -0.15) is 5.10 Å². The highest BCUT2D eigenvalue weighted by Crippen LogP contribution is 2.40. The van der Waals surface area contributed by atoms with Crippen LogP contribution in [-0.4, -0.2) is 15.7 Å². The molecule has 4 nitrogen and oxygen atoms in total. The third-order valence-corrected chi connectivity index (χ3v) is 5.62. The van der Waals surface area contributed by atoms with E-state index in [1.165, 1.54) is 11.8 Å². The van der Waals surface area contributed by atoms with Gasteiger partial charge in [0, 0.05) is 9.92 Å². The minimum absolute atomic E-state index is 0.342. The number of hydrogen-bond donors (Lipinski definition) is 0. The fourth-order valence-electron chi connectivity index (χ4n) is 2.72. The third kappa shape index (κ3) is 4.42. The monoisotopic (exact) mass is 414 g/mol. The van der Waals surface area contributed by atoms with Crippen LogP contribution < -0.4 is 4.74 Å². The minimum Gasteiger partial charge on any atom is -0.403 e. The van der Waals surface area contributed by atoms with Crippen LogP contribution in [0.1, 0.15) is 42.4 Å². The van der Waals surface area contributed by atoms with Gasteiger partial charge in [0.2, 0.25) is 5.88 Å². The molecule has 0 bridgehead atoms. The molecule has 0 aliphatic carbocycles. The van der Waals surface area contributed by atoms with Gasteiger partial charge in [-0.15, -0.1) is 0 Å². The van der Waals surface area contributed by atoms with E-state index in [4.69, 9.17) is 16.3 Å². The lowest BCUT2D eigenvalue weighted by molar-refractivity contribution is 0.0703. The van der Waals surface area contributed by atoms with Crippen molar-refractivity contribution >= 4 is 29.3 Å². The number of halogens is 1. The SMILES string of the molecule is Cc1ccccc1C(=O)Oc1c(Sc2ccc(Cl)cc2)c(C)nn1C(C)(C)C. The van der Waals surface area contributed by atoms with Crippen LogP contribution in [0, 0.1) is 13.8 Å². The summed E-state index contributed by atoms with van der Waals surface area (Å²) in [5, 5.41) is 5.34. The van der Waals surface area contributed by atoms with E-state index in [0.717, 1.165) is 21.0 Å². The number of ether oxygens (including phenoxy) is 1. The number of benzene rings is 2. The quantitative estimate of drug-likeness (QED) is 0.471. The Labute approximate surface area is 174 Å². The summed E-state index contributed by atoms with van der Waals surface area (Å²) in [5.74, 6) is 0.0691. The molecule has 0 N–H and O–H groups in total. The smallest absolute Gasteiger partial charge is 0.345 e. The van der Waals surface area contributed by atoms with E-state index in [1.807, 2.05) is 77.1 Å². The van der Waals surface area contributed by atoms with Crippen molar-refractivity contribution in [2.75, 3.05) is 0 Å². The predicted octanol–water partition coefficient (Wildman–Crippen LogP) is 6.28. The average molecular weight is 415 g/mol. The molecule has 3 rings (SSSR count). The van der Waals surface area contributed by atoms with Crippen molar-refractivity contribution in [2.24, 2.45) is 0 Å². The molecule has 0 atom stereocenters. The molecule has 0 saturated carbocycles. The lowest BCUT2D eigenvalue weighted by Crippen LogP contribution is -2.25. The Morgan fingerprint density at radius 2 is 1.71 bits per heavy atom. The van der Waals surface area contributed by atoms with E-state index in [0.29, 0.717) is 16.5 Å². The van der Waals surface area contributed by atoms with Crippen LogP contribution in [0.25, 0.3) is 0 Å². The van der Waals surface area contributed by atoms with Crippen molar-refractivity contribution in [1.29, 1.82) is 0 Å². The molecule has 146 valence electrons. The molecular weight excluding hydrogens is 392 g/mol. The molecule has 0 radical (unpaired) electrons. The summed E-state index contributed by atoms with van der Waals surface area (Å²) in [4.78, 5) is 14.7. The first-order valence-electron chi connectivity index (χ1n) is 8.98. The zero-order valence-corrected chi connectivity index (χ0v) is 18.2. The Kier molecular flexibility index (Phi) is 5.87. The Morgan fingerprint density at radius 1 is 1.07 bits per heavy atom. The Hall–Kier alpha value is -2.24. The molecule has 0 aliphatic heterocycles. The molecule has 6 heteroatoms. The van der Waals surface area contributed by atoms with Crippen LogP contribution in [0.15, 0.2) is 58.3 Å². The number of rotatable bonds is 4. The molecular formula is C22H23ClN2O2S. The lowest BCUT2D eigenvalue weighted by Gasteiger charge is -2.22. The zero-order valence-electron chi connectivity index (χ0n) is 16.6. The van der Waals surface area contributed by atoms with Gasteiger partial charge in [0.25, 0.3) is 0 Å². The second kappa shape index (κ2) is 8.02. The summed E-state index contributed by atoms with van der Waals surface area (Å²) >= 11 is 7.51. The van der Waals surface area contributed by atoms with Crippen molar-refractivity contribution in [3.05, 3.63) is 70.4 Å².